The number of Topliss-reactive ketones (excluding diaryl/α,β-unsaturated/α-hetero) is 1. The fourth-order valence-electron chi connectivity index (χ4n) is 1.96. The molecule has 2 aromatic carbocycles. The van der Waals surface area contributed by atoms with Gasteiger partial charge in [-0.1, -0.05) is 35.3 Å². The van der Waals surface area contributed by atoms with Gasteiger partial charge in [0.25, 0.3) is 0 Å². The van der Waals surface area contributed by atoms with E-state index in [9.17, 15) is 4.79 Å². The molecule has 2 rings (SSSR count). The molecule has 0 aliphatic heterocycles. The number of carbonyl (C=O) groups is 1. The maximum atomic E-state index is 12.4. The second kappa shape index (κ2) is 6.29. The number of rotatable bonds is 4. The van der Waals surface area contributed by atoms with Gasteiger partial charge in [0, 0.05) is 16.5 Å². The van der Waals surface area contributed by atoms with Crippen molar-refractivity contribution in [1.29, 1.82) is 0 Å². The smallest absolute Gasteiger partial charge is 0.171 e. The number of hydrogen-bond acceptors (Lipinski definition) is 2. The van der Waals surface area contributed by atoms with E-state index in [0.717, 1.165) is 11.1 Å². The number of ketones is 1. The average molecular weight is 309 g/mol. The minimum absolute atomic E-state index is 0.0516. The lowest BCUT2D eigenvalue weighted by atomic mass is 10.0. The quantitative estimate of drug-likeness (QED) is 0.763. The topological polar surface area (TPSA) is 26.3 Å². The predicted molar refractivity (Wildman–Crippen MR) is 82.2 cm³/mol. The summed E-state index contributed by atoms with van der Waals surface area (Å²) in [6, 6.07) is 10.6. The van der Waals surface area contributed by atoms with Gasteiger partial charge in [-0.05, 0) is 42.3 Å². The normalized spacial score (nSPS) is 10.4. The van der Waals surface area contributed by atoms with Crippen molar-refractivity contribution in [2.75, 3.05) is 7.11 Å². The van der Waals surface area contributed by atoms with Gasteiger partial charge in [-0.3, -0.25) is 4.79 Å². The number of hydrogen-bond donors (Lipinski definition) is 0. The van der Waals surface area contributed by atoms with Crippen LogP contribution in [0, 0.1) is 6.92 Å². The summed E-state index contributed by atoms with van der Waals surface area (Å²) in [5, 5.41) is 1.14. The van der Waals surface area contributed by atoms with Gasteiger partial charge in [0.1, 0.15) is 5.75 Å². The van der Waals surface area contributed by atoms with Gasteiger partial charge in [-0.15, -0.1) is 0 Å². The molecule has 0 saturated heterocycles. The van der Waals surface area contributed by atoms with Gasteiger partial charge in [-0.2, -0.15) is 0 Å². The third-order valence-corrected chi connectivity index (χ3v) is 3.61. The third kappa shape index (κ3) is 3.33. The number of carbonyl (C=O) groups excluding carboxylic acids is 1. The fourth-order valence-corrected chi connectivity index (χ4v) is 2.42. The zero-order valence-electron chi connectivity index (χ0n) is 11.2. The summed E-state index contributed by atoms with van der Waals surface area (Å²) in [7, 11) is 1.52. The lowest BCUT2D eigenvalue weighted by Crippen LogP contribution is -2.06. The van der Waals surface area contributed by atoms with Crippen LogP contribution in [0.5, 0.6) is 5.75 Å². The van der Waals surface area contributed by atoms with E-state index in [1.54, 1.807) is 18.2 Å². The number of halogens is 2. The molecule has 0 N–H and O–H groups in total. The summed E-state index contributed by atoms with van der Waals surface area (Å²) in [5.74, 6) is 0.426. The van der Waals surface area contributed by atoms with E-state index in [0.29, 0.717) is 21.4 Å². The fraction of sp³-hybridized carbons (Fsp3) is 0.188. The van der Waals surface area contributed by atoms with Crippen molar-refractivity contribution in [3.05, 3.63) is 63.1 Å². The molecule has 2 nitrogen and oxygen atoms in total. The summed E-state index contributed by atoms with van der Waals surface area (Å²) in [4.78, 5) is 12.4. The van der Waals surface area contributed by atoms with E-state index in [2.05, 4.69) is 0 Å². The van der Waals surface area contributed by atoms with Gasteiger partial charge >= 0.3 is 0 Å². The Kier molecular flexibility index (Phi) is 4.69. The first-order chi connectivity index (χ1) is 9.51. The third-order valence-electron chi connectivity index (χ3n) is 3.02. The van der Waals surface area contributed by atoms with Crippen LogP contribution in [-0.4, -0.2) is 12.9 Å². The standard InChI is InChI=1S/C16H14Cl2O2/c1-10-3-4-11(14(18)7-10)8-15(19)13-6-5-12(17)9-16(13)20-2/h3-7,9H,8H2,1-2H3. The largest absolute Gasteiger partial charge is 0.496 e. The second-order valence-corrected chi connectivity index (χ2v) is 5.38. The molecule has 0 aromatic heterocycles. The Hall–Kier alpha value is -1.51. The van der Waals surface area contributed by atoms with Gasteiger partial charge in [0.05, 0.1) is 12.7 Å². The van der Waals surface area contributed by atoms with E-state index in [1.165, 1.54) is 7.11 Å². The Morgan fingerprint density at radius 1 is 1.15 bits per heavy atom. The molecule has 0 saturated carbocycles. The molecular formula is C16H14Cl2O2. The molecule has 0 aliphatic rings. The van der Waals surface area contributed by atoms with Crippen LogP contribution in [0.15, 0.2) is 36.4 Å². The maximum absolute atomic E-state index is 12.4. The Balaban J connectivity index is 2.28. The molecule has 104 valence electrons. The van der Waals surface area contributed by atoms with Crippen molar-refractivity contribution >= 4 is 29.0 Å². The Labute approximate surface area is 128 Å². The summed E-state index contributed by atoms with van der Waals surface area (Å²) < 4.78 is 5.20. The van der Waals surface area contributed by atoms with Gasteiger partial charge < -0.3 is 4.74 Å². The van der Waals surface area contributed by atoms with Crippen LogP contribution in [-0.2, 0) is 6.42 Å². The van der Waals surface area contributed by atoms with E-state index < -0.39 is 0 Å². The minimum atomic E-state index is -0.0516. The summed E-state index contributed by atoms with van der Waals surface area (Å²) in [5.41, 5.74) is 2.38. The monoisotopic (exact) mass is 308 g/mol. The zero-order valence-corrected chi connectivity index (χ0v) is 12.8. The van der Waals surface area contributed by atoms with Crippen molar-refractivity contribution in [3.63, 3.8) is 0 Å². The Bertz CT molecular complexity index is 651. The lowest BCUT2D eigenvalue weighted by molar-refractivity contribution is 0.0990. The van der Waals surface area contributed by atoms with Gasteiger partial charge in [-0.25, -0.2) is 0 Å². The van der Waals surface area contributed by atoms with E-state index in [-0.39, 0.29) is 12.2 Å². The van der Waals surface area contributed by atoms with E-state index in [4.69, 9.17) is 27.9 Å². The van der Waals surface area contributed by atoms with Gasteiger partial charge in [0.15, 0.2) is 5.78 Å². The second-order valence-electron chi connectivity index (χ2n) is 4.54. The molecular weight excluding hydrogens is 295 g/mol. The van der Waals surface area contributed by atoms with Crippen LogP contribution in [0.3, 0.4) is 0 Å². The molecule has 0 heterocycles. The first kappa shape index (κ1) is 14.9. The highest BCUT2D eigenvalue weighted by Gasteiger charge is 2.14. The van der Waals surface area contributed by atoms with Crippen molar-refractivity contribution in [2.24, 2.45) is 0 Å². The molecule has 0 radical (unpaired) electrons. The number of benzene rings is 2. The maximum Gasteiger partial charge on any atom is 0.171 e. The Morgan fingerprint density at radius 3 is 2.55 bits per heavy atom. The molecule has 4 heteroatoms. The molecule has 2 aromatic rings. The molecule has 0 fully saturated rings. The first-order valence-corrected chi connectivity index (χ1v) is 6.88. The molecule has 0 unspecified atom stereocenters. The van der Waals surface area contributed by atoms with Crippen LogP contribution in [0.25, 0.3) is 0 Å². The first-order valence-electron chi connectivity index (χ1n) is 6.13. The van der Waals surface area contributed by atoms with Crippen LogP contribution in [0.4, 0.5) is 0 Å². The SMILES string of the molecule is COc1cc(Cl)ccc1C(=O)Cc1ccc(C)cc1Cl. The zero-order chi connectivity index (χ0) is 14.7. The van der Waals surface area contributed by atoms with Gasteiger partial charge in [0.2, 0.25) is 0 Å². The predicted octanol–water partition coefficient (Wildman–Crippen LogP) is 4.74. The number of aryl methyl sites for hydroxylation is 1. The Morgan fingerprint density at radius 2 is 1.90 bits per heavy atom. The highest BCUT2D eigenvalue weighted by atomic mass is 35.5. The number of methoxy groups -OCH3 is 1. The lowest BCUT2D eigenvalue weighted by Gasteiger charge is -2.09. The molecule has 0 atom stereocenters. The van der Waals surface area contributed by atoms with Crippen molar-refractivity contribution in [3.8, 4) is 5.75 Å². The molecule has 0 bridgehead atoms. The molecule has 20 heavy (non-hydrogen) atoms. The molecule has 0 aliphatic carbocycles. The van der Waals surface area contributed by atoms with Crippen LogP contribution in [0.1, 0.15) is 21.5 Å². The number of ether oxygens (including phenoxy) is 1. The molecule has 0 amide bonds. The highest BCUT2D eigenvalue weighted by Crippen LogP contribution is 2.26. The van der Waals surface area contributed by atoms with Crippen molar-refractivity contribution in [1.82, 2.24) is 0 Å². The van der Waals surface area contributed by atoms with Crippen molar-refractivity contribution < 1.29 is 9.53 Å². The van der Waals surface area contributed by atoms with Crippen LogP contribution < -0.4 is 4.74 Å². The molecule has 0 spiro atoms. The van der Waals surface area contributed by atoms with E-state index in [1.807, 2.05) is 25.1 Å². The van der Waals surface area contributed by atoms with Crippen LogP contribution >= 0.6 is 23.2 Å². The average Bonchev–Trinajstić information content (AvgIpc) is 2.41. The van der Waals surface area contributed by atoms with E-state index >= 15 is 0 Å². The summed E-state index contributed by atoms with van der Waals surface area (Å²) >= 11 is 12.0. The van der Waals surface area contributed by atoms with Crippen molar-refractivity contribution in [2.45, 2.75) is 13.3 Å². The summed E-state index contributed by atoms with van der Waals surface area (Å²) in [6.07, 6.45) is 0.233. The van der Waals surface area contributed by atoms with Crippen LogP contribution in [0.2, 0.25) is 10.0 Å². The highest BCUT2D eigenvalue weighted by molar-refractivity contribution is 6.32. The summed E-state index contributed by atoms with van der Waals surface area (Å²) in [6.45, 7) is 1.96. The minimum Gasteiger partial charge on any atom is -0.496 e.